The molecule has 1 heterocycles. The fraction of sp³-hybridized carbons (Fsp3) is 0.500. The van der Waals surface area contributed by atoms with Gasteiger partial charge in [-0.05, 0) is 33.8 Å². The Bertz CT molecular complexity index is 472. The summed E-state index contributed by atoms with van der Waals surface area (Å²) in [6.07, 6.45) is 0. The van der Waals surface area contributed by atoms with Crippen molar-refractivity contribution < 1.29 is 14.7 Å². The molecule has 0 unspecified atom stereocenters. The summed E-state index contributed by atoms with van der Waals surface area (Å²) in [5.41, 5.74) is 1.53. The summed E-state index contributed by atoms with van der Waals surface area (Å²) >= 11 is 0. The van der Waals surface area contributed by atoms with E-state index in [1.165, 1.54) is 4.90 Å². The first-order valence-corrected chi connectivity index (χ1v) is 5.66. The standard InChI is InChI=1S/C12H17N3O3/c1-7(2)15(6-11(16)17)12(18)10-5-8(3)13-14-9(10)4/h5,7H,6H2,1-4H3,(H,16,17). The summed E-state index contributed by atoms with van der Waals surface area (Å²) in [7, 11) is 0. The van der Waals surface area contributed by atoms with Crippen LogP contribution in [0.15, 0.2) is 6.07 Å². The minimum absolute atomic E-state index is 0.193. The van der Waals surface area contributed by atoms with Gasteiger partial charge in [-0.2, -0.15) is 10.2 Å². The second-order valence-corrected chi connectivity index (χ2v) is 4.41. The van der Waals surface area contributed by atoms with E-state index in [0.717, 1.165) is 0 Å². The van der Waals surface area contributed by atoms with E-state index in [2.05, 4.69) is 10.2 Å². The van der Waals surface area contributed by atoms with E-state index in [1.807, 2.05) is 0 Å². The van der Waals surface area contributed by atoms with E-state index >= 15 is 0 Å². The first-order chi connectivity index (χ1) is 8.32. The lowest BCUT2D eigenvalue weighted by atomic mass is 10.1. The zero-order valence-corrected chi connectivity index (χ0v) is 11.0. The number of aliphatic carboxylic acids is 1. The molecule has 0 aliphatic heterocycles. The number of aromatic nitrogens is 2. The minimum Gasteiger partial charge on any atom is -0.480 e. The Balaban J connectivity index is 3.09. The molecule has 6 heteroatoms. The topological polar surface area (TPSA) is 83.4 Å². The van der Waals surface area contributed by atoms with Crippen molar-refractivity contribution in [1.82, 2.24) is 15.1 Å². The van der Waals surface area contributed by atoms with Gasteiger partial charge in [0.15, 0.2) is 0 Å². The fourth-order valence-corrected chi connectivity index (χ4v) is 1.56. The van der Waals surface area contributed by atoms with Crippen LogP contribution in [0.25, 0.3) is 0 Å². The molecule has 0 aliphatic carbocycles. The molecule has 0 aromatic carbocycles. The molecule has 18 heavy (non-hydrogen) atoms. The van der Waals surface area contributed by atoms with Gasteiger partial charge in [-0.25, -0.2) is 0 Å². The number of carboxylic acids is 1. The van der Waals surface area contributed by atoms with E-state index in [0.29, 0.717) is 17.0 Å². The number of carboxylic acid groups (broad SMARTS) is 1. The molecule has 1 rings (SSSR count). The van der Waals surface area contributed by atoms with Crippen LogP contribution in [0.4, 0.5) is 0 Å². The van der Waals surface area contributed by atoms with Crippen molar-refractivity contribution in [3.8, 4) is 0 Å². The number of hydrogen-bond acceptors (Lipinski definition) is 4. The third-order valence-corrected chi connectivity index (χ3v) is 2.52. The third kappa shape index (κ3) is 3.26. The Labute approximate surface area is 106 Å². The van der Waals surface area contributed by atoms with Gasteiger partial charge < -0.3 is 10.0 Å². The third-order valence-electron chi connectivity index (χ3n) is 2.52. The molecule has 0 spiro atoms. The second kappa shape index (κ2) is 5.57. The molecule has 98 valence electrons. The second-order valence-electron chi connectivity index (χ2n) is 4.41. The quantitative estimate of drug-likeness (QED) is 0.864. The maximum absolute atomic E-state index is 12.3. The molecule has 0 saturated carbocycles. The van der Waals surface area contributed by atoms with Crippen molar-refractivity contribution in [2.24, 2.45) is 0 Å². The zero-order valence-electron chi connectivity index (χ0n) is 11.0. The highest BCUT2D eigenvalue weighted by Gasteiger charge is 2.23. The molecule has 1 aromatic heterocycles. The number of carbonyl (C=O) groups is 2. The summed E-state index contributed by atoms with van der Waals surface area (Å²) in [4.78, 5) is 24.4. The van der Waals surface area contributed by atoms with Crippen molar-refractivity contribution in [2.75, 3.05) is 6.54 Å². The molecular formula is C12H17N3O3. The number of nitrogens with zero attached hydrogens (tertiary/aromatic N) is 3. The van der Waals surface area contributed by atoms with Crippen LogP contribution in [0.2, 0.25) is 0 Å². The average Bonchev–Trinajstić information content (AvgIpc) is 2.27. The van der Waals surface area contributed by atoms with Crippen LogP contribution in [0, 0.1) is 13.8 Å². The first-order valence-electron chi connectivity index (χ1n) is 5.66. The molecule has 1 amide bonds. The minimum atomic E-state index is -1.03. The Morgan fingerprint density at radius 2 is 1.94 bits per heavy atom. The predicted octanol–water partition coefficient (Wildman–Crippen LogP) is 1.03. The van der Waals surface area contributed by atoms with E-state index in [9.17, 15) is 9.59 Å². The molecule has 0 aliphatic rings. The summed E-state index contributed by atoms with van der Waals surface area (Å²) < 4.78 is 0. The van der Waals surface area contributed by atoms with Crippen LogP contribution >= 0.6 is 0 Å². The Morgan fingerprint density at radius 1 is 1.33 bits per heavy atom. The lowest BCUT2D eigenvalue weighted by Gasteiger charge is -2.25. The molecule has 1 aromatic rings. The van der Waals surface area contributed by atoms with Gasteiger partial charge in [-0.1, -0.05) is 0 Å². The van der Waals surface area contributed by atoms with E-state index in [1.54, 1.807) is 33.8 Å². The lowest BCUT2D eigenvalue weighted by Crippen LogP contribution is -2.41. The van der Waals surface area contributed by atoms with Crippen molar-refractivity contribution in [3.05, 3.63) is 23.0 Å². The molecule has 0 fully saturated rings. The van der Waals surface area contributed by atoms with Gasteiger partial charge in [0.25, 0.3) is 5.91 Å². The SMILES string of the molecule is Cc1cc(C(=O)N(CC(=O)O)C(C)C)c(C)nn1. The van der Waals surface area contributed by atoms with Crippen LogP contribution in [0.1, 0.15) is 35.6 Å². The van der Waals surface area contributed by atoms with Crippen molar-refractivity contribution >= 4 is 11.9 Å². The van der Waals surface area contributed by atoms with Gasteiger partial charge in [0.05, 0.1) is 17.0 Å². The first kappa shape index (κ1) is 14.1. The monoisotopic (exact) mass is 251 g/mol. The molecule has 0 saturated heterocycles. The molecule has 6 nitrogen and oxygen atoms in total. The number of carbonyl (C=O) groups excluding carboxylic acids is 1. The van der Waals surface area contributed by atoms with Gasteiger partial charge in [-0.15, -0.1) is 0 Å². The molecular weight excluding hydrogens is 234 g/mol. The molecule has 1 N–H and O–H groups in total. The van der Waals surface area contributed by atoms with Crippen molar-refractivity contribution in [1.29, 1.82) is 0 Å². The van der Waals surface area contributed by atoms with E-state index < -0.39 is 5.97 Å². The fourth-order valence-electron chi connectivity index (χ4n) is 1.56. The Hall–Kier alpha value is -1.98. The Kier molecular flexibility index (Phi) is 4.36. The van der Waals surface area contributed by atoms with Gasteiger partial charge in [0, 0.05) is 6.04 Å². The maximum atomic E-state index is 12.3. The molecule has 0 bridgehead atoms. The Morgan fingerprint density at radius 3 is 2.44 bits per heavy atom. The average molecular weight is 251 g/mol. The lowest BCUT2D eigenvalue weighted by molar-refractivity contribution is -0.138. The highest BCUT2D eigenvalue weighted by atomic mass is 16.4. The molecule has 0 radical (unpaired) electrons. The summed E-state index contributed by atoms with van der Waals surface area (Å²) in [6.45, 7) is 6.64. The smallest absolute Gasteiger partial charge is 0.323 e. The van der Waals surface area contributed by atoms with Crippen LogP contribution in [0.3, 0.4) is 0 Å². The van der Waals surface area contributed by atoms with Gasteiger partial charge in [0.2, 0.25) is 0 Å². The van der Waals surface area contributed by atoms with E-state index in [-0.39, 0.29) is 18.5 Å². The highest BCUT2D eigenvalue weighted by Crippen LogP contribution is 2.11. The summed E-state index contributed by atoms with van der Waals surface area (Å²) in [5, 5.41) is 16.6. The number of rotatable bonds is 4. The van der Waals surface area contributed by atoms with Crippen LogP contribution in [0.5, 0.6) is 0 Å². The summed E-state index contributed by atoms with van der Waals surface area (Å²) in [6, 6.07) is 1.43. The van der Waals surface area contributed by atoms with Crippen LogP contribution < -0.4 is 0 Å². The van der Waals surface area contributed by atoms with Crippen molar-refractivity contribution in [2.45, 2.75) is 33.7 Å². The van der Waals surface area contributed by atoms with Gasteiger partial charge in [-0.3, -0.25) is 9.59 Å². The van der Waals surface area contributed by atoms with Gasteiger partial charge in [0.1, 0.15) is 6.54 Å². The van der Waals surface area contributed by atoms with Crippen LogP contribution in [-0.4, -0.2) is 44.7 Å². The van der Waals surface area contributed by atoms with E-state index in [4.69, 9.17) is 5.11 Å². The number of hydrogen-bond donors (Lipinski definition) is 1. The number of aryl methyl sites for hydroxylation is 2. The van der Waals surface area contributed by atoms with Crippen molar-refractivity contribution in [3.63, 3.8) is 0 Å². The number of amides is 1. The zero-order chi connectivity index (χ0) is 13.9. The maximum Gasteiger partial charge on any atom is 0.323 e. The van der Waals surface area contributed by atoms with Crippen LogP contribution in [-0.2, 0) is 4.79 Å². The largest absolute Gasteiger partial charge is 0.480 e. The normalized spacial score (nSPS) is 10.5. The van der Waals surface area contributed by atoms with Gasteiger partial charge >= 0.3 is 5.97 Å². The molecule has 0 atom stereocenters. The predicted molar refractivity (Wildman–Crippen MR) is 65.3 cm³/mol. The highest BCUT2D eigenvalue weighted by molar-refractivity contribution is 5.96. The summed E-state index contributed by atoms with van der Waals surface area (Å²) in [5.74, 6) is -1.36.